The molecule has 0 aromatic heterocycles. The van der Waals surface area contributed by atoms with Gasteiger partial charge in [0.2, 0.25) is 12.4 Å². The van der Waals surface area contributed by atoms with E-state index in [0.717, 1.165) is 20.8 Å². The van der Waals surface area contributed by atoms with Crippen LogP contribution in [-0.2, 0) is 42.9 Å². The predicted octanol–water partition coefficient (Wildman–Crippen LogP) is 2.16. The van der Waals surface area contributed by atoms with Gasteiger partial charge in [-0.05, 0) is 30.7 Å². The van der Waals surface area contributed by atoms with Crippen molar-refractivity contribution in [3.8, 4) is 11.5 Å². The van der Waals surface area contributed by atoms with Crippen molar-refractivity contribution in [1.29, 1.82) is 0 Å². The quantitative estimate of drug-likeness (QED) is 0.185. The number of benzene rings is 1. The zero-order valence-corrected chi connectivity index (χ0v) is 20.6. The van der Waals surface area contributed by atoms with Crippen LogP contribution in [0.25, 0.3) is 0 Å². The van der Waals surface area contributed by atoms with Gasteiger partial charge in [-0.1, -0.05) is 0 Å². The van der Waals surface area contributed by atoms with Crippen LogP contribution in [0.2, 0.25) is 0 Å². The van der Waals surface area contributed by atoms with Gasteiger partial charge in [-0.2, -0.15) is 0 Å². The van der Waals surface area contributed by atoms with E-state index in [2.05, 4.69) is 0 Å². The Hall–Kier alpha value is -3.05. The number of halogens is 1. The van der Waals surface area contributed by atoms with Crippen molar-refractivity contribution in [2.75, 3.05) is 19.1 Å². The molecule has 1 aromatic carbocycles. The Bertz CT molecular complexity index is 873. The van der Waals surface area contributed by atoms with Crippen LogP contribution >= 0.6 is 11.6 Å². The summed E-state index contributed by atoms with van der Waals surface area (Å²) in [4.78, 5) is 46.9. The van der Waals surface area contributed by atoms with Crippen LogP contribution in [-0.4, -0.2) is 73.7 Å². The fourth-order valence-corrected chi connectivity index (χ4v) is 3.39. The molecule has 1 aromatic rings. The average molecular weight is 517 g/mol. The lowest BCUT2D eigenvalue weighted by atomic mass is 9.98. The molecule has 0 amide bonds. The maximum Gasteiger partial charge on any atom is 0.303 e. The molecular weight excluding hydrogens is 488 g/mol. The SMILES string of the molecule is CC(=O)OCC1O[C@@H](Oc2ccc(OCCCCl)cc2)C(OC(C)=O)C(OC(C)=O)[C@H]1OC(C)=O. The van der Waals surface area contributed by atoms with Gasteiger partial charge in [0.1, 0.15) is 24.2 Å². The summed E-state index contributed by atoms with van der Waals surface area (Å²) in [5.74, 6) is -1.39. The van der Waals surface area contributed by atoms with E-state index < -0.39 is 54.6 Å². The van der Waals surface area contributed by atoms with Crippen molar-refractivity contribution in [1.82, 2.24) is 0 Å². The lowest BCUT2D eigenvalue weighted by Gasteiger charge is -2.43. The molecule has 0 N–H and O–H groups in total. The first-order valence-corrected chi connectivity index (χ1v) is 11.4. The Morgan fingerprint density at radius 3 is 1.89 bits per heavy atom. The standard InChI is InChI=1S/C23H29ClO11/c1-13(25)30-12-19-20(31-14(2)26)21(32-15(3)27)22(33-16(4)28)23(35-19)34-18-8-6-17(7-9-18)29-11-5-10-24/h6-9,19-23H,5,10-12H2,1-4H3/t19?,20-,21?,22?,23+/m0/s1. The van der Waals surface area contributed by atoms with E-state index in [-0.39, 0.29) is 6.61 Å². The normalized spacial score (nSPS) is 23.5. The van der Waals surface area contributed by atoms with E-state index in [1.165, 1.54) is 6.92 Å². The molecule has 11 nitrogen and oxygen atoms in total. The highest BCUT2D eigenvalue weighted by Crippen LogP contribution is 2.31. The minimum Gasteiger partial charge on any atom is -0.494 e. The van der Waals surface area contributed by atoms with Crippen molar-refractivity contribution in [2.45, 2.75) is 64.8 Å². The second kappa shape index (κ2) is 13.7. The van der Waals surface area contributed by atoms with Crippen LogP contribution in [0.5, 0.6) is 11.5 Å². The van der Waals surface area contributed by atoms with Crippen LogP contribution in [0.15, 0.2) is 24.3 Å². The maximum absolute atomic E-state index is 11.9. The summed E-state index contributed by atoms with van der Waals surface area (Å²) in [6.07, 6.45) is -5.59. The molecule has 1 aliphatic heterocycles. The van der Waals surface area contributed by atoms with Crippen LogP contribution in [0.1, 0.15) is 34.1 Å². The largest absolute Gasteiger partial charge is 0.494 e. The predicted molar refractivity (Wildman–Crippen MR) is 120 cm³/mol. The van der Waals surface area contributed by atoms with E-state index in [0.29, 0.717) is 30.4 Å². The number of rotatable bonds is 11. The Balaban J connectivity index is 2.34. The summed E-state index contributed by atoms with van der Waals surface area (Å²) < 4.78 is 38.4. The third kappa shape index (κ3) is 9.25. The molecule has 3 unspecified atom stereocenters. The summed E-state index contributed by atoms with van der Waals surface area (Å²) in [5, 5.41) is 0. The van der Waals surface area contributed by atoms with Crippen molar-refractivity contribution in [3.05, 3.63) is 24.3 Å². The molecule has 2 rings (SSSR count). The van der Waals surface area contributed by atoms with Crippen LogP contribution in [0.3, 0.4) is 0 Å². The van der Waals surface area contributed by atoms with Gasteiger partial charge in [0.15, 0.2) is 12.2 Å². The Kier molecular flexibility index (Phi) is 11.1. The topological polar surface area (TPSA) is 133 Å². The first-order valence-electron chi connectivity index (χ1n) is 10.9. The minimum atomic E-state index is -1.31. The number of ether oxygens (including phenoxy) is 7. The summed E-state index contributed by atoms with van der Waals surface area (Å²) >= 11 is 5.65. The highest BCUT2D eigenvalue weighted by atomic mass is 35.5. The summed E-state index contributed by atoms with van der Waals surface area (Å²) in [6, 6.07) is 6.53. The zero-order chi connectivity index (χ0) is 26.0. The van der Waals surface area contributed by atoms with Gasteiger partial charge in [-0.15, -0.1) is 11.6 Å². The Morgan fingerprint density at radius 1 is 0.800 bits per heavy atom. The number of carbonyl (C=O) groups excluding carboxylic acids is 4. The third-order valence-electron chi connectivity index (χ3n) is 4.57. The molecule has 35 heavy (non-hydrogen) atoms. The molecule has 1 fully saturated rings. The number of esters is 4. The number of alkyl halides is 1. The van der Waals surface area contributed by atoms with Gasteiger partial charge in [0.05, 0.1) is 6.61 Å². The smallest absolute Gasteiger partial charge is 0.303 e. The summed E-state index contributed by atoms with van der Waals surface area (Å²) in [6.45, 7) is 4.74. The molecule has 1 saturated heterocycles. The highest BCUT2D eigenvalue weighted by molar-refractivity contribution is 6.17. The molecule has 5 atom stereocenters. The van der Waals surface area contributed by atoms with Gasteiger partial charge >= 0.3 is 23.9 Å². The molecule has 1 aliphatic rings. The molecular formula is C23H29ClO11. The first kappa shape index (κ1) is 28.2. The Labute approximate surface area is 207 Å². The van der Waals surface area contributed by atoms with Gasteiger partial charge in [0.25, 0.3) is 0 Å². The molecule has 0 bridgehead atoms. The zero-order valence-electron chi connectivity index (χ0n) is 19.9. The van der Waals surface area contributed by atoms with E-state index in [9.17, 15) is 19.2 Å². The highest BCUT2D eigenvalue weighted by Gasteiger charge is 2.53. The van der Waals surface area contributed by atoms with Crippen LogP contribution < -0.4 is 9.47 Å². The van der Waals surface area contributed by atoms with Gasteiger partial charge < -0.3 is 33.2 Å². The minimum absolute atomic E-state index is 0.315. The van der Waals surface area contributed by atoms with Crippen LogP contribution in [0.4, 0.5) is 0 Å². The Morgan fingerprint density at radius 2 is 1.34 bits per heavy atom. The van der Waals surface area contributed by atoms with Crippen molar-refractivity contribution in [2.24, 2.45) is 0 Å². The van der Waals surface area contributed by atoms with Crippen LogP contribution in [0, 0.1) is 0 Å². The third-order valence-corrected chi connectivity index (χ3v) is 4.84. The maximum atomic E-state index is 11.9. The molecule has 0 spiro atoms. The number of carbonyl (C=O) groups is 4. The van der Waals surface area contributed by atoms with Gasteiger partial charge in [-0.25, -0.2) is 0 Å². The van der Waals surface area contributed by atoms with Crippen molar-refractivity contribution in [3.63, 3.8) is 0 Å². The van der Waals surface area contributed by atoms with Gasteiger partial charge in [-0.3, -0.25) is 19.2 Å². The van der Waals surface area contributed by atoms with Gasteiger partial charge in [0, 0.05) is 33.6 Å². The molecule has 1 heterocycles. The van der Waals surface area contributed by atoms with E-state index in [1.54, 1.807) is 24.3 Å². The van der Waals surface area contributed by atoms with E-state index >= 15 is 0 Å². The summed E-state index contributed by atoms with van der Waals surface area (Å²) in [5.41, 5.74) is 0. The number of hydrogen-bond acceptors (Lipinski definition) is 11. The van der Waals surface area contributed by atoms with Crippen molar-refractivity contribution >= 4 is 35.5 Å². The lowest BCUT2D eigenvalue weighted by Crippen LogP contribution is -2.63. The van der Waals surface area contributed by atoms with E-state index in [4.69, 9.17) is 44.8 Å². The average Bonchev–Trinajstić information content (AvgIpc) is 2.77. The second-order valence-corrected chi connectivity index (χ2v) is 7.93. The van der Waals surface area contributed by atoms with E-state index in [1.807, 2.05) is 0 Å². The molecule has 0 radical (unpaired) electrons. The lowest BCUT2D eigenvalue weighted by molar-refractivity contribution is -0.288. The molecule has 12 heteroatoms. The monoisotopic (exact) mass is 516 g/mol. The fraction of sp³-hybridized carbons (Fsp3) is 0.565. The summed E-state index contributed by atoms with van der Waals surface area (Å²) in [7, 11) is 0. The molecule has 0 aliphatic carbocycles. The number of hydrogen-bond donors (Lipinski definition) is 0. The second-order valence-electron chi connectivity index (χ2n) is 7.55. The molecule has 194 valence electrons. The first-order chi connectivity index (χ1) is 16.6. The van der Waals surface area contributed by atoms with Crippen molar-refractivity contribution < 1.29 is 52.3 Å². The fourth-order valence-electron chi connectivity index (χ4n) is 3.28. The molecule has 0 saturated carbocycles.